The first-order valence-electron chi connectivity index (χ1n) is 24.4. The van der Waals surface area contributed by atoms with Crippen molar-refractivity contribution in [2.45, 2.75) is 25.9 Å². The fraction of sp³-hybridized carbons (Fsp3) is 0.531. The Morgan fingerprint density at radius 1 is 0.662 bits per heavy atom. The summed E-state index contributed by atoms with van der Waals surface area (Å²) in [5.41, 5.74) is 0.212. The summed E-state index contributed by atoms with van der Waals surface area (Å²) in [5, 5.41) is 64.9. The Morgan fingerprint density at radius 2 is 1.19 bits per heavy atom. The Labute approximate surface area is 481 Å². The van der Waals surface area contributed by atoms with Crippen molar-refractivity contribution < 1.29 is 123 Å². The number of carbonyl (C=O) groups excluding carboxylic acids is 2. The van der Waals surface area contributed by atoms with Crippen LogP contribution in [0.2, 0.25) is 5.02 Å². The molecule has 1 atom stereocenters. The number of nitrogens with one attached hydrogen (secondary N) is 3. The number of hydrogen-bond acceptors (Lipinski definition) is 18. The van der Waals surface area contributed by atoms with Crippen LogP contribution in [0.5, 0.6) is 17.2 Å². The minimum Gasteiger partial charge on any atom is -0.491 e. The zero-order chi connectivity index (χ0) is 55.4. The molecular weight excluding hydrogens is 1180 g/mol. The predicted molar refractivity (Wildman–Crippen MR) is 274 cm³/mol. The smallest absolute Gasteiger partial charge is 0.319 e. The Morgan fingerprint density at radius 3 is 1.75 bits per heavy atom. The Bertz CT molecular complexity index is 2410. The van der Waals surface area contributed by atoms with Crippen LogP contribution in [0.25, 0.3) is 0 Å². The largest absolute Gasteiger partial charge is 0.491 e. The summed E-state index contributed by atoms with van der Waals surface area (Å²) in [4.78, 5) is 94.4. The van der Waals surface area contributed by atoms with Crippen LogP contribution >= 0.6 is 11.6 Å². The van der Waals surface area contributed by atoms with E-state index in [2.05, 4.69) is 16.0 Å². The normalized spacial score (nSPS) is 14.4. The molecule has 3 aromatic rings. The van der Waals surface area contributed by atoms with Gasteiger partial charge >= 0.3 is 29.9 Å². The third kappa shape index (κ3) is 24.9. The van der Waals surface area contributed by atoms with Gasteiger partial charge in [0, 0.05) is 121 Å². The maximum absolute atomic E-state index is 14.2. The maximum atomic E-state index is 14.2. The molecule has 2 heterocycles. The van der Waals surface area contributed by atoms with E-state index in [0.29, 0.717) is 28.2 Å². The van der Waals surface area contributed by atoms with Crippen molar-refractivity contribution in [3.8, 4) is 17.2 Å². The molecule has 428 valence electrons. The van der Waals surface area contributed by atoms with Crippen molar-refractivity contribution in [1.82, 2.24) is 34.8 Å². The van der Waals surface area contributed by atoms with E-state index < -0.39 is 47.9 Å². The van der Waals surface area contributed by atoms with Gasteiger partial charge in [-0.15, -0.1) is 0 Å². The van der Waals surface area contributed by atoms with Gasteiger partial charge < -0.3 is 74.8 Å². The second kappa shape index (κ2) is 36.0. The molecule has 0 spiro atoms. The molecule has 0 saturated carbocycles. The van der Waals surface area contributed by atoms with E-state index in [9.17, 15) is 64.2 Å². The summed E-state index contributed by atoms with van der Waals surface area (Å²) in [6.45, 7) is 2.57. The van der Waals surface area contributed by atoms with Crippen molar-refractivity contribution in [2.75, 3.05) is 150 Å². The van der Waals surface area contributed by atoms with Crippen molar-refractivity contribution in [3.05, 3.63) is 80.7 Å². The average molecular weight is 1250 g/mol. The monoisotopic (exact) mass is 1250 g/mol. The van der Waals surface area contributed by atoms with Gasteiger partial charge in [-0.05, 0) is 36.8 Å². The number of ether oxygens (including phenoxy) is 5. The number of amides is 3. The number of aromatic nitrogens is 1. The molecule has 77 heavy (non-hydrogen) atoms. The van der Waals surface area contributed by atoms with Crippen LogP contribution in [0.1, 0.15) is 29.2 Å². The van der Waals surface area contributed by atoms with Crippen LogP contribution in [0.3, 0.4) is 0 Å². The van der Waals surface area contributed by atoms with Gasteiger partial charge in [-0.3, -0.25) is 48.4 Å². The molecule has 1 aliphatic rings. The fourth-order valence-corrected chi connectivity index (χ4v) is 8.13. The van der Waals surface area contributed by atoms with E-state index in [-0.39, 0.29) is 213 Å². The molecular formula is C49H69ClGdN8O18. The van der Waals surface area contributed by atoms with Crippen molar-refractivity contribution in [3.63, 3.8) is 0 Å². The predicted octanol–water partition coefficient (Wildman–Crippen LogP) is -0.0583. The minimum atomic E-state index is -1.22. The van der Waals surface area contributed by atoms with Crippen molar-refractivity contribution >= 4 is 53.1 Å². The molecule has 9 N–H and O–H groups in total. The van der Waals surface area contributed by atoms with Gasteiger partial charge in [0.05, 0.1) is 84.8 Å². The molecule has 3 amide bonds. The number of aliphatic hydroxyl groups excluding tert-OH is 2. The SMILES string of the molecule is Cc1cn(Cc2c(Cl)cccc2OCCO)c(=O)c(NC(=O)N[C@@H](CC(=O)O)c2cccc(OCCO)c2)c1OCCOCCOCCNC(=O)CN1CCN(CC(=O)O)CCN(CC(=O)O)CCN(CC(=O)O)CC1.[Gd]. The van der Waals surface area contributed by atoms with Gasteiger partial charge in [0.1, 0.15) is 31.3 Å². The van der Waals surface area contributed by atoms with Crippen LogP contribution in [-0.2, 0) is 40.0 Å². The summed E-state index contributed by atoms with van der Waals surface area (Å²) in [5.74, 6) is -4.08. The number of urea groups is 1. The molecule has 2 aromatic carbocycles. The minimum absolute atomic E-state index is 0. The van der Waals surface area contributed by atoms with Gasteiger partial charge in [0.25, 0.3) is 5.56 Å². The van der Waals surface area contributed by atoms with Gasteiger partial charge in [0.2, 0.25) is 5.91 Å². The number of benzene rings is 2. The number of rotatable bonds is 31. The first-order valence-corrected chi connectivity index (χ1v) is 24.8. The number of carboxylic acid groups (broad SMARTS) is 4. The Kier molecular flexibility index (Phi) is 30.8. The number of aryl methyl sites for hydroxylation is 1. The number of aliphatic hydroxyl groups is 2. The third-order valence-electron chi connectivity index (χ3n) is 11.5. The van der Waals surface area contributed by atoms with Crippen LogP contribution in [0.15, 0.2) is 53.5 Å². The Balaban J connectivity index is 0.0000156. The molecule has 1 aliphatic heterocycles. The molecule has 1 aromatic heterocycles. The average Bonchev–Trinajstić information content (AvgIpc) is 3.36. The molecule has 1 saturated heterocycles. The number of pyridine rings is 1. The number of carbonyl (C=O) groups is 6. The summed E-state index contributed by atoms with van der Waals surface area (Å²) in [6, 6.07) is 9.18. The standard InChI is InChI=1S/C49H69ClN8O18.Gd/c1-34-28-58(29-37-38(50)6-3-7-40(37)75-21-18-60)48(70)46(53-49(71)52-39(27-42(62)63)35-4-2-5-36(26-35)74-20-17-59)47(34)76-25-24-73-23-22-72-19-8-51-41(61)30-54-9-11-55(31-43(64)65)13-15-57(33-45(68)69)16-14-56(12-10-54)32-44(66)67;/h2-7,26,28,39,59-60H,8-25,27,29-33H2,1H3,(H,51,61)(H,62,63)(H,64,65)(H,66,67)(H,68,69)(H2,52,53,71);/t39-;/m0./s1. The van der Waals surface area contributed by atoms with Gasteiger partial charge in [-0.25, -0.2) is 4.79 Å². The van der Waals surface area contributed by atoms with E-state index in [4.69, 9.17) is 35.3 Å². The van der Waals surface area contributed by atoms with Crippen LogP contribution in [0.4, 0.5) is 10.5 Å². The van der Waals surface area contributed by atoms with Gasteiger partial charge in [-0.2, -0.15) is 0 Å². The van der Waals surface area contributed by atoms with Gasteiger partial charge in [-0.1, -0.05) is 29.8 Å². The number of anilines is 1. The number of carboxylic acids is 4. The summed E-state index contributed by atoms with van der Waals surface area (Å²) in [6.07, 6.45) is 0.969. The molecule has 0 aliphatic carbocycles. The fourth-order valence-electron chi connectivity index (χ4n) is 7.91. The quantitative estimate of drug-likeness (QED) is 0.0381. The second-order valence-corrected chi connectivity index (χ2v) is 17.7. The van der Waals surface area contributed by atoms with Crippen molar-refractivity contribution in [2.24, 2.45) is 0 Å². The van der Waals surface area contributed by atoms with E-state index in [1.807, 2.05) is 0 Å². The maximum Gasteiger partial charge on any atom is 0.319 e. The van der Waals surface area contributed by atoms with E-state index in [0.717, 1.165) is 0 Å². The first-order chi connectivity index (χ1) is 36.5. The molecule has 28 heteroatoms. The molecule has 0 unspecified atom stereocenters. The van der Waals surface area contributed by atoms with Gasteiger partial charge in [0.15, 0.2) is 11.4 Å². The Hall–Kier alpha value is -5.30. The number of aliphatic carboxylic acids is 4. The third-order valence-corrected chi connectivity index (χ3v) is 11.8. The summed E-state index contributed by atoms with van der Waals surface area (Å²) < 4.78 is 29.8. The molecule has 0 bridgehead atoms. The van der Waals surface area contributed by atoms with E-state index in [1.54, 1.807) is 62.9 Å². The zero-order valence-corrected chi connectivity index (χ0v) is 45.7. The second-order valence-electron chi connectivity index (χ2n) is 17.3. The number of nitrogens with zero attached hydrogens (tertiary/aromatic N) is 5. The number of halogens is 1. The summed E-state index contributed by atoms with van der Waals surface area (Å²) in [7, 11) is 0. The molecule has 26 nitrogen and oxygen atoms in total. The zero-order valence-electron chi connectivity index (χ0n) is 42.7. The van der Waals surface area contributed by atoms with Crippen molar-refractivity contribution in [1.29, 1.82) is 0 Å². The molecule has 1 fully saturated rings. The van der Waals surface area contributed by atoms with Crippen LogP contribution in [0, 0.1) is 46.9 Å². The number of hydrogen-bond donors (Lipinski definition) is 9. The van der Waals surface area contributed by atoms with E-state index in [1.165, 1.54) is 16.8 Å². The summed E-state index contributed by atoms with van der Waals surface area (Å²) >= 11 is 6.55. The van der Waals surface area contributed by atoms with E-state index >= 15 is 0 Å². The molecule has 4 rings (SSSR count). The first kappa shape index (κ1) is 66.0. The van der Waals surface area contributed by atoms with Crippen LogP contribution in [-0.4, -0.2) is 235 Å². The molecule has 0 radical (unpaired) electrons. The topological polar surface area (TPSA) is 341 Å². The van der Waals surface area contributed by atoms with Crippen LogP contribution < -0.4 is 35.7 Å².